The Morgan fingerprint density at radius 3 is 2.08 bits per heavy atom. The first kappa shape index (κ1) is 21.0. The van der Waals surface area contributed by atoms with Crippen molar-refractivity contribution in [1.29, 1.82) is 0 Å². The van der Waals surface area contributed by atoms with Crippen LogP contribution in [0.25, 0.3) is 0 Å². The van der Waals surface area contributed by atoms with Crippen LogP contribution in [0, 0.1) is 0 Å². The molecular formula is C20H32N2O3. The first-order chi connectivity index (χ1) is 11.5. The number of hydrogen-bond donors (Lipinski definition) is 2. The lowest BCUT2D eigenvalue weighted by Crippen LogP contribution is -2.45. The van der Waals surface area contributed by atoms with Gasteiger partial charge in [-0.3, -0.25) is 9.59 Å². The molecule has 0 unspecified atom stereocenters. The molecule has 1 aromatic carbocycles. The van der Waals surface area contributed by atoms with Crippen LogP contribution in [-0.4, -0.2) is 30.5 Å². The van der Waals surface area contributed by atoms with Crippen molar-refractivity contribution in [2.75, 3.05) is 13.2 Å². The first-order valence-corrected chi connectivity index (χ1v) is 8.78. The van der Waals surface area contributed by atoms with Gasteiger partial charge in [-0.05, 0) is 50.3 Å². The van der Waals surface area contributed by atoms with E-state index in [0.717, 1.165) is 5.75 Å². The molecule has 1 rings (SSSR count). The van der Waals surface area contributed by atoms with Crippen molar-refractivity contribution < 1.29 is 14.3 Å². The van der Waals surface area contributed by atoms with E-state index in [1.165, 1.54) is 5.56 Å². The van der Waals surface area contributed by atoms with Gasteiger partial charge in [0.1, 0.15) is 5.75 Å². The lowest BCUT2D eigenvalue weighted by atomic mass is 9.87. The molecule has 0 fully saturated rings. The van der Waals surface area contributed by atoms with E-state index in [9.17, 15) is 9.59 Å². The van der Waals surface area contributed by atoms with E-state index >= 15 is 0 Å². The summed E-state index contributed by atoms with van der Waals surface area (Å²) in [6, 6.07) is 8.04. The third-order valence-electron chi connectivity index (χ3n) is 3.50. The largest absolute Gasteiger partial charge is 0.494 e. The van der Waals surface area contributed by atoms with E-state index in [4.69, 9.17) is 4.74 Å². The molecule has 0 radical (unpaired) electrons. The summed E-state index contributed by atoms with van der Waals surface area (Å²) in [5, 5.41) is 5.42. The van der Waals surface area contributed by atoms with Gasteiger partial charge in [0.2, 0.25) is 11.8 Å². The highest BCUT2D eigenvalue weighted by Gasteiger charge is 2.14. The van der Waals surface area contributed by atoms with Crippen LogP contribution in [-0.2, 0) is 15.0 Å². The summed E-state index contributed by atoms with van der Waals surface area (Å²) in [6.45, 7) is 12.7. The molecule has 5 heteroatoms. The number of amides is 2. The molecule has 0 aliphatic heterocycles. The Morgan fingerprint density at radius 2 is 1.56 bits per heavy atom. The summed E-state index contributed by atoms with van der Waals surface area (Å²) in [6.07, 6.45) is 0.941. The van der Waals surface area contributed by atoms with Crippen LogP contribution < -0.4 is 15.4 Å². The topological polar surface area (TPSA) is 67.4 Å². The molecule has 2 N–H and O–H groups in total. The normalized spacial score (nSPS) is 11.8. The van der Waals surface area contributed by atoms with Gasteiger partial charge < -0.3 is 15.4 Å². The highest BCUT2D eigenvalue weighted by atomic mass is 16.5. The summed E-state index contributed by atoms with van der Waals surface area (Å²) in [7, 11) is 0. The maximum atomic E-state index is 11.7. The molecule has 5 nitrogen and oxygen atoms in total. The monoisotopic (exact) mass is 348 g/mol. The summed E-state index contributed by atoms with van der Waals surface area (Å²) >= 11 is 0. The van der Waals surface area contributed by atoms with Gasteiger partial charge in [-0.2, -0.15) is 0 Å². The third kappa shape index (κ3) is 9.13. The Balaban J connectivity index is 2.22. The summed E-state index contributed by atoms with van der Waals surface area (Å²) < 4.78 is 5.66. The molecule has 25 heavy (non-hydrogen) atoms. The first-order valence-electron chi connectivity index (χ1n) is 8.78. The van der Waals surface area contributed by atoms with E-state index in [2.05, 4.69) is 43.5 Å². The minimum Gasteiger partial charge on any atom is -0.494 e. The van der Waals surface area contributed by atoms with Crippen LogP contribution >= 0.6 is 0 Å². The summed E-state index contributed by atoms with van der Waals surface area (Å²) in [5.41, 5.74) is 1.08. The van der Waals surface area contributed by atoms with E-state index in [-0.39, 0.29) is 29.3 Å². The predicted octanol–water partition coefficient (Wildman–Crippen LogP) is 3.17. The fourth-order valence-corrected chi connectivity index (χ4v) is 2.20. The molecule has 0 saturated carbocycles. The Hall–Kier alpha value is -2.04. The Morgan fingerprint density at radius 1 is 0.960 bits per heavy atom. The molecule has 0 aliphatic carbocycles. The van der Waals surface area contributed by atoms with Gasteiger partial charge in [0.25, 0.3) is 0 Å². The molecule has 0 heterocycles. The zero-order chi connectivity index (χ0) is 19.1. The van der Waals surface area contributed by atoms with Crippen LogP contribution in [0.15, 0.2) is 24.3 Å². The standard InChI is InChI=1S/C20H32N2O3/c1-19(2,3)15-9-11-16(12-10-15)25-13-7-8-17(23)21-14-18(24)22-20(4,5)6/h9-12H,7-8,13-14H2,1-6H3,(H,21,23)(H,22,24). The predicted molar refractivity (Wildman–Crippen MR) is 101 cm³/mol. The zero-order valence-corrected chi connectivity index (χ0v) is 16.4. The molecule has 140 valence electrons. The Labute approximate surface area is 151 Å². The number of nitrogens with one attached hydrogen (secondary N) is 2. The minimum atomic E-state index is -0.293. The highest BCUT2D eigenvalue weighted by Crippen LogP contribution is 2.24. The second-order valence-corrected chi connectivity index (χ2v) is 8.30. The van der Waals surface area contributed by atoms with E-state index in [1.54, 1.807) is 0 Å². The molecule has 0 saturated heterocycles. The molecule has 0 aromatic heterocycles. The lowest BCUT2D eigenvalue weighted by Gasteiger charge is -2.20. The molecule has 0 atom stereocenters. The SMILES string of the molecule is CC(C)(C)NC(=O)CNC(=O)CCCOc1ccc(C(C)(C)C)cc1. The Bertz CT molecular complexity index is 566. The van der Waals surface area contributed by atoms with Crippen molar-refractivity contribution in [1.82, 2.24) is 10.6 Å². The fraction of sp³-hybridized carbons (Fsp3) is 0.600. The van der Waals surface area contributed by atoms with Crippen molar-refractivity contribution in [3.63, 3.8) is 0 Å². The van der Waals surface area contributed by atoms with Gasteiger partial charge in [0, 0.05) is 12.0 Å². The molecule has 2 amide bonds. The van der Waals surface area contributed by atoms with Gasteiger partial charge >= 0.3 is 0 Å². The lowest BCUT2D eigenvalue weighted by molar-refractivity contribution is -0.126. The number of carbonyl (C=O) groups excluding carboxylic acids is 2. The van der Waals surface area contributed by atoms with Crippen molar-refractivity contribution in [2.45, 2.75) is 65.3 Å². The van der Waals surface area contributed by atoms with Gasteiger partial charge in [-0.1, -0.05) is 32.9 Å². The molecule has 0 spiro atoms. The Kier molecular flexibility index (Phi) is 7.46. The van der Waals surface area contributed by atoms with Gasteiger partial charge in [0.05, 0.1) is 13.2 Å². The fourth-order valence-electron chi connectivity index (χ4n) is 2.20. The van der Waals surface area contributed by atoms with Crippen molar-refractivity contribution in [3.05, 3.63) is 29.8 Å². The third-order valence-corrected chi connectivity index (χ3v) is 3.50. The number of carbonyl (C=O) groups is 2. The minimum absolute atomic E-state index is 0.00518. The van der Waals surface area contributed by atoms with Crippen molar-refractivity contribution in [2.24, 2.45) is 0 Å². The molecule has 1 aromatic rings. The summed E-state index contributed by atoms with van der Waals surface area (Å²) in [4.78, 5) is 23.4. The van der Waals surface area contributed by atoms with Crippen LogP contribution in [0.5, 0.6) is 5.75 Å². The van der Waals surface area contributed by atoms with Crippen LogP contribution in [0.2, 0.25) is 0 Å². The molecule has 0 aliphatic rings. The molecular weight excluding hydrogens is 316 g/mol. The zero-order valence-electron chi connectivity index (χ0n) is 16.4. The van der Waals surface area contributed by atoms with Gasteiger partial charge in [-0.15, -0.1) is 0 Å². The number of rotatable bonds is 7. The van der Waals surface area contributed by atoms with E-state index in [0.29, 0.717) is 19.4 Å². The number of ether oxygens (including phenoxy) is 1. The second-order valence-electron chi connectivity index (χ2n) is 8.30. The maximum Gasteiger partial charge on any atom is 0.239 e. The van der Waals surface area contributed by atoms with Gasteiger partial charge in [-0.25, -0.2) is 0 Å². The maximum absolute atomic E-state index is 11.7. The van der Waals surface area contributed by atoms with Crippen molar-refractivity contribution in [3.8, 4) is 5.75 Å². The van der Waals surface area contributed by atoms with Crippen LogP contribution in [0.4, 0.5) is 0 Å². The number of benzene rings is 1. The van der Waals surface area contributed by atoms with E-state index < -0.39 is 0 Å². The van der Waals surface area contributed by atoms with E-state index in [1.807, 2.05) is 32.9 Å². The quantitative estimate of drug-likeness (QED) is 0.744. The smallest absolute Gasteiger partial charge is 0.239 e. The highest BCUT2D eigenvalue weighted by molar-refractivity contribution is 5.84. The average Bonchev–Trinajstić information content (AvgIpc) is 2.47. The number of hydrogen-bond acceptors (Lipinski definition) is 3. The van der Waals surface area contributed by atoms with Crippen molar-refractivity contribution >= 4 is 11.8 Å². The van der Waals surface area contributed by atoms with Gasteiger partial charge in [0.15, 0.2) is 0 Å². The summed E-state index contributed by atoms with van der Waals surface area (Å²) in [5.74, 6) is 0.477. The van der Waals surface area contributed by atoms with Crippen LogP contribution in [0.1, 0.15) is 59.9 Å². The molecule has 0 bridgehead atoms. The van der Waals surface area contributed by atoms with Crippen LogP contribution in [0.3, 0.4) is 0 Å². The second kappa shape index (κ2) is 8.88. The average molecular weight is 348 g/mol.